The summed E-state index contributed by atoms with van der Waals surface area (Å²) in [6.07, 6.45) is 0.498. The maximum Gasteiger partial charge on any atom is 0.322 e. The van der Waals surface area contributed by atoms with Crippen LogP contribution in [0.2, 0.25) is 0 Å². The standard InChI is InChI=1S/C8H14N2O3/c1-3-13-5-4-8(2)6(11)9-7(12)10-8/h3-5H2,1-2H3,(H2,9,10,11,12). The second-order valence-corrected chi connectivity index (χ2v) is 3.19. The average Bonchev–Trinajstić information content (AvgIpc) is 2.27. The zero-order valence-electron chi connectivity index (χ0n) is 7.85. The second-order valence-electron chi connectivity index (χ2n) is 3.19. The highest BCUT2D eigenvalue weighted by Gasteiger charge is 2.41. The van der Waals surface area contributed by atoms with Gasteiger partial charge in [0.25, 0.3) is 5.91 Å². The average molecular weight is 186 g/mol. The van der Waals surface area contributed by atoms with Crippen molar-refractivity contribution in [3.63, 3.8) is 0 Å². The molecule has 3 amide bonds. The van der Waals surface area contributed by atoms with Crippen molar-refractivity contribution in [3.05, 3.63) is 0 Å². The van der Waals surface area contributed by atoms with E-state index in [2.05, 4.69) is 10.6 Å². The Morgan fingerprint density at radius 1 is 1.46 bits per heavy atom. The van der Waals surface area contributed by atoms with Gasteiger partial charge in [-0.15, -0.1) is 0 Å². The topological polar surface area (TPSA) is 67.4 Å². The number of amides is 3. The van der Waals surface area contributed by atoms with E-state index in [9.17, 15) is 9.59 Å². The van der Waals surface area contributed by atoms with E-state index in [0.717, 1.165) is 0 Å². The Bertz CT molecular complexity index is 229. The van der Waals surface area contributed by atoms with Crippen LogP contribution < -0.4 is 10.6 Å². The molecule has 1 saturated heterocycles. The summed E-state index contributed by atoms with van der Waals surface area (Å²) in [7, 11) is 0. The van der Waals surface area contributed by atoms with E-state index in [1.54, 1.807) is 6.92 Å². The second kappa shape index (κ2) is 3.74. The van der Waals surface area contributed by atoms with Crippen molar-refractivity contribution >= 4 is 11.9 Å². The van der Waals surface area contributed by atoms with E-state index >= 15 is 0 Å². The van der Waals surface area contributed by atoms with Crippen LogP contribution in [0.25, 0.3) is 0 Å². The van der Waals surface area contributed by atoms with Gasteiger partial charge in [-0.25, -0.2) is 4.79 Å². The maximum atomic E-state index is 11.3. The van der Waals surface area contributed by atoms with E-state index < -0.39 is 11.6 Å². The van der Waals surface area contributed by atoms with Crippen molar-refractivity contribution in [2.45, 2.75) is 25.8 Å². The number of nitrogens with one attached hydrogen (secondary N) is 2. The Morgan fingerprint density at radius 3 is 2.62 bits per heavy atom. The van der Waals surface area contributed by atoms with Gasteiger partial charge in [-0.1, -0.05) is 0 Å². The van der Waals surface area contributed by atoms with E-state index in [4.69, 9.17) is 4.74 Å². The molecule has 0 aliphatic carbocycles. The lowest BCUT2D eigenvalue weighted by molar-refractivity contribution is -0.124. The number of ether oxygens (including phenoxy) is 1. The Kier molecular flexibility index (Phi) is 2.87. The van der Waals surface area contributed by atoms with Crippen molar-refractivity contribution in [1.82, 2.24) is 10.6 Å². The highest BCUT2D eigenvalue weighted by Crippen LogP contribution is 2.14. The molecule has 5 heteroatoms. The normalized spacial score (nSPS) is 27.2. The molecule has 5 nitrogen and oxygen atoms in total. The third kappa shape index (κ3) is 2.18. The molecule has 0 aromatic carbocycles. The number of rotatable bonds is 4. The largest absolute Gasteiger partial charge is 0.382 e. The molecule has 74 valence electrons. The number of carbonyl (C=O) groups is 2. The van der Waals surface area contributed by atoms with Gasteiger partial charge in [0, 0.05) is 19.6 Å². The molecule has 2 N–H and O–H groups in total. The summed E-state index contributed by atoms with van der Waals surface area (Å²) in [6, 6.07) is -0.427. The molecule has 0 radical (unpaired) electrons. The molecule has 1 rings (SSSR count). The third-order valence-electron chi connectivity index (χ3n) is 2.07. The number of imide groups is 1. The molecule has 0 aromatic heterocycles. The third-order valence-corrected chi connectivity index (χ3v) is 2.07. The fourth-order valence-electron chi connectivity index (χ4n) is 1.18. The van der Waals surface area contributed by atoms with Crippen LogP contribution in [0.5, 0.6) is 0 Å². The first kappa shape index (κ1) is 9.98. The van der Waals surface area contributed by atoms with E-state index in [1.165, 1.54) is 0 Å². The SMILES string of the molecule is CCOCCC1(C)NC(=O)NC1=O. The van der Waals surface area contributed by atoms with Gasteiger partial charge in [0.2, 0.25) is 0 Å². The number of urea groups is 1. The lowest BCUT2D eigenvalue weighted by atomic mass is 9.99. The molecule has 1 aliphatic heterocycles. The van der Waals surface area contributed by atoms with Crippen LogP contribution in [0.15, 0.2) is 0 Å². The minimum Gasteiger partial charge on any atom is -0.382 e. The summed E-state index contributed by atoms with van der Waals surface area (Å²) in [4.78, 5) is 22.1. The molecule has 1 unspecified atom stereocenters. The van der Waals surface area contributed by atoms with E-state index in [0.29, 0.717) is 19.6 Å². The van der Waals surface area contributed by atoms with Crippen LogP contribution in [0.4, 0.5) is 4.79 Å². The summed E-state index contributed by atoms with van der Waals surface area (Å²) in [6.45, 7) is 4.66. The van der Waals surface area contributed by atoms with Gasteiger partial charge in [-0.2, -0.15) is 0 Å². The van der Waals surface area contributed by atoms with Crippen LogP contribution in [-0.2, 0) is 9.53 Å². The van der Waals surface area contributed by atoms with Crippen LogP contribution >= 0.6 is 0 Å². The summed E-state index contributed by atoms with van der Waals surface area (Å²) >= 11 is 0. The minimum absolute atomic E-state index is 0.280. The fraction of sp³-hybridized carbons (Fsp3) is 0.750. The van der Waals surface area contributed by atoms with E-state index in [-0.39, 0.29) is 5.91 Å². The number of carbonyl (C=O) groups excluding carboxylic acids is 2. The first-order valence-electron chi connectivity index (χ1n) is 4.30. The van der Waals surface area contributed by atoms with Gasteiger partial charge in [-0.3, -0.25) is 10.1 Å². The molecule has 0 aromatic rings. The lowest BCUT2D eigenvalue weighted by Crippen LogP contribution is -2.44. The highest BCUT2D eigenvalue weighted by atomic mass is 16.5. The molecule has 1 heterocycles. The Balaban J connectivity index is 2.46. The first-order valence-corrected chi connectivity index (χ1v) is 4.30. The molecule has 13 heavy (non-hydrogen) atoms. The summed E-state index contributed by atoms with van der Waals surface area (Å²) < 4.78 is 5.11. The van der Waals surface area contributed by atoms with Crippen molar-refractivity contribution in [1.29, 1.82) is 0 Å². The molecule has 0 saturated carbocycles. The van der Waals surface area contributed by atoms with Crippen molar-refractivity contribution < 1.29 is 14.3 Å². The molecule has 1 aliphatic rings. The molecule has 0 bridgehead atoms. The summed E-state index contributed by atoms with van der Waals surface area (Å²) in [5.74, 6) is -0.280. The van der Waals surface area contributed by atoms with Crippen LogP contribution in [0.1, 0.15) is 20.3 Å². The Morgan fingerprint density at radius 2 is 2.15 bits per heavy atom. The van der Waals surface area contributed by atoms with Crippen molar-refractivity contribution in [2.24, 2.45) is 0 Å². The zero-order valence-corrected chi connectivity index (χ0v) is 7.85. The number of hydrogen-bond acceptors (Lipinski definition) is 3. The molecule has 0 spiro atoms. The fourth-order valence-corrected chi connectivity index (χ4v) is 1.18. The minimum atomic E-state index is -0.799. The quantitative estimate of drug-likeness (QED) is 0.480. The predicted molar refractivity (Wildman–Crippen MR) is 46.2 cm³/mol. The predicted octanol–water partition coefficient (Wildman–Crippen LogP) is 0.0111. The van der Waals surface area contributed by atoms with Gasteiger partial charge >= 0.3 is 6.03 Å². The van der Waals surface area contributed by atoms with Gasteiger partial charge < -0.3 is 10.1 Å². The smallest absolute Gasteiger partial charge is 0.322 e. The monoisotopic (exact) mass is 186 g/mol. The summed E-state index contributed by atoms with van der Waals surface area (Å²) in [5, 5.41) is 4.75. The Labute approximate surface area is 76.8 Å². The lowest BCUT2D eigenvalue weighted by Gasteiger charge is -2.19. The highest BCUT2D eigenvalue weighted by molar-refractivity contribution is 6.06. The van der Waals surface area contributed by atoms with Gasteiger partial charge in [0.15, 0.2) is 0 Å². The van der Waals surface area contributed by atoms with Gasteiger partial charge in [0.1, 0.15) is 5.54 Å². The van der Waals surface area contributed by atoms with Gasteiger partial charge in [-0.05, 0) is 13.8 Å². The molecule has 1 fully saturated rings. The first-order chi connectivity index (χ1) is 6.08. The number of hydrogen-bond donors (Lipinski definition) is 2. The zero-order chi connectivity index (χ0) is 9.90. The van der Waals surface area contributed by atoms with Crippen molar-refractivity contribution in [2.75, 3.05) is 13.2 Å². The van der Waals surface area contributed by atoms with Gasteiger partial charge in [0.05, 0.1) is 0 Å². The maximum absolute atomic E-state index is 11.3. The van der Waals surface area contributed by atoms with Crippen LogP contribution in [0, 0.1) is 0 Å². The van der Waals surface area contributed by atoms with Crippen molar-refractivity contribution in [3.8, 4) is 0 Å². The van der Waals surface area contributed by atoms with E-state index in [1.807, 2.05) is 6.92 Å². The molecular weight excluding hydrogens is 172 g/mol. The molecular formula is C8H14N2O3. The Hall–Kier alpha value is -1.10. The summed E-state index contributed by atoms with van der Waals surface area (Å²) in [5.41, 5.74) is -0.799. The van der Waals surface area contributed by atoms with Crippen LogP contribution in [0.3, 0.4) is 0 Å². The molecule has 1 atom stereocenters. The van der Waals surface area contributed by atoms with Crippen LogP contribution in [-0.4, -0.2) is 30.7 Å².